The molecule has 0 radical (unpaired) electrons. The van der Waals surface area contributed by atoms with Crippen molar-refractivity contribution in [3.63, 3.8) is 0 Å². The van der Waals surface area contributed by atoms with Crippen molar-refractivity contribution in [2.45, 2.75) is 33.2 Å². The van der Waals surface area contributed by atoms with Gasteiger partial charge in [-0.05, 0) is 26.4 Å². The van der Waals surface area contributed by atoms with Crippen LogP contribution in [0.1, 0.15) is 27.2 Å². The summed E-state index contributed by atoms with van der Waals surface area (Å²) in [6, 6.07) is -0.406. The molecular weight excluding hydrogens is 214 g/mol. The summed E-state index contributed by atoms with van der Waals surface area (Å²) in [5.74, 6) is -0.0717. The zero-order valence-corrected chi connectivity index (χ0v) is 10.8. The third kappa shape index (κ3) is 8.66. The highest BCUT2D eigenvalue weighted by molar-refractivity contribution is 5.85. The number of nitrogens with zero attached hydrogens (tertiary/aromatic N) is 1. The number of halogens is 1. The summed E-state index contributed by atoms with van der Waals surface area (Å²) in [6.45, 7) is 9.69. The summed E-state index contributed by atoms with van der Waals surface area (Å²) in [5, 5.41) is 2.80. The Morgan fingerprint density at radius 2 is 2.00 bits per heavy atom. The molecule has 0 heterocycles. The van der Waals surface area contributed by atoms with E-state index in [0.29, 0.717) is 6.54 Å². The van der Waals surface area contributed by atoms with E-state index in [0.717, 1.165) is 26.1 Å². The Balaban J connectivity index is 0. The first-order valence-electron chi connectivity index (χ1n) is 5.37. The van der Waals surface area contributed by atoms with Gasteiger partial charge in [-0.3, -0.25) is 4.79 Å². The third-order valence-electron chi connectivity index (χ3n) is 2.13. The fourth-order valence-corrected chi connectivity index (χ4v) is 1.24. The van der Waals surface area contributed by atoms with E-state index in [1.807, 2.05) is 0 Å². The van der Waals surface area contributed by atoms with Crippen LogP contribution in [0.5, 0.6) is 0 Å². The second-order valence-electron chi connectivity index (χ2n) is 3.51. The van der Waals surface area contributed by atoms with Gasteiger partial charge >= 0.3 is 0 Å². The molecule has 0 aromatic heterocycles. The Kier molecular flexibility index (Phi) is 11.6. The summed E-state index contributed by atoms with van der Waals surface area (Å²) in [4.78, 5) is 13.4. The molecule has 1 unspecified atom stereocenters. The lowest BCUT2D eigenvalue weighted by molar-refractivity contribution is -0.122. The average Bonchev–Trinajstić information content (AvgIpc) is 2.16. The molecule has 0 saturated carbocycles. The van der Waals surface area contributed by atoms with Crippen LogP contribution in [-0.4, -0.2) is 43.0 Å². The first kappa shape index (κ1) is 17.1. The van der Waals surface area contributed by atoms with Gasteiger partial charge in [0.05, 0.1) is 6.04 Å². The minimum atomic E-state index is -0.406. The predicted octanol–water partition coefficient (Wildman–Crippen LogP) is 0.604. The van der Waals surface area contributed by atoms with E-state index < -0.39 is 6.04 Å². The molecule has 0 bridgehead atoms. The molecule has 0 spiro atoms. The lowest BCUT2D eigenvalue weighted by Crippen LogP contribution is -2.42. The van der Waals surface area contributed by atoms with E-state index in [4.69, 9.17) is 5.73 Å². The highest BCUT2D eigenvalue weighted by Gasteiger charge is 2.06. The van der Waals surface area contributed by atoms with Crippen molar-refractivity contribution in [1.82, 2.24) is 10.2 Å². The monoisotopic (exact) mass is 237 g/mol. The van der Waals surface area contributed by atoms with Crippen LogP contribution in [0.15, 0.2) is 0 Å². The van der Waals surface area contributed by atoms with Crippen LogP contribution in [0.3, 0.4) is 0 Å². The Hall–Kier alpha value is -0.320. The number of nitrogens with two attached hydrogens (primary N) is 1. The molecule has 1 atom stereocenters. The number of likely N-dealkylation sites (N-methyl/N-ethyl adjacent to an activating group) is 1. The topological polar surface area (TPSA) is 58.4 Å². The Morgan fingerprint density at radius 1 is 1.40 bits per heavy atom. The standard InChI is InChI=1S/C10H23N3O.ClH/c1-4-7-13(5-2)8-6-12-10(14)9(3)11;/h9H,4-8,11H2,1-3H3,(H,12,14);1H. The molecular formula is C10H24ClN3O. The summed E-state index contributed by atoms with van der Waals surface area (Å²) < 4.78 is 0. The zero-order chi connectivity index (χ0) is 11.0. The lowest BCUT2D eigenvalue weighted by Gasteiger charge is -2.19. The van der Waals surface area contributed by atoms with E-state index >= 15 is 0 Å². The normalized spacial score (nSPS) is 12.1. The number of hydrogen-bond donors (Lipinski definition) is 2. The first-order chi connectivity index (χ1) is 6.61. The quantitative estimate of drug-likeness (QED) is 0.682. The minimum Gasteiger partial charge on any atom is -0.353 e. The number of carbonyl (C=O) groups excluding carboxylic acids is 1. The van der Waals surface area contributed by atoms with Gasteiger partial charge in [0.15, 0.2) is 0 Å². The smallest absolute Gasteiger partial charge is 0.236 e. The van der Waals surface area contributed by atoms with Gasteiger partial charge in [0.25, 0.3) is 0 Å². The van der Waals surface area contributed by atoms with Crippen molar-refractivity contribution in [1.29, 1.82) is 0 Å². The summed E-state index contributed by atoms with van der Waals surface area (Å²) in [5.41, 5.74) is 5.42. The van der Waals surface area contributed by atoms with Gasteiger partial charge in [0, 0.05) is 13.1 Å². The van der Waals surface area contributed by atoms with E-state index in [1.54, 1.807) is 6.92 Å². The second kappa shape index (κ2) is 10.2. The van der Waals surface area contributed by atoms with Gasteiger partial charge in [-0.15, -0.1) is 12.4 Å². The van der Waals surface area contributed by atoms with E-state index in [-0.39, 0.29) is 18.3 Å². The zero-order valence-electron chi connectivity index (χ0n) is 9.95. The Morgan fingerprint density at radius 3 is 2.40 bits per heavy atom. The van der Waals surface area contributed by atoms with E-state index in [2.05, 4.69) is 24.1 Å². The highest BCUT2D eigenvalue weighted by Crippen LogP contribution is 1.89. The first-order valence-corrected chi connectivity index (χ1v) is 5.37. The molecule has 5 heteroatoms. The maximum Gasteiger partial charge on any atom is 0.236 e. The molecule has 15 heavy (non-hydrogen) atoms. The predicted molar refractivity (Wildman–Crippen MR) is 66.3 cm³/mol. The van der Waals surface area contributed by atoms with Crippen molar-refractivity contribution in [3.05, 3.63) is 0 Å². The van der Waals surface area contributed by atoms with E-state index in [9.17, 15) is 4.79 Å². The van der Waals surface area contributed by atoms with Gasteiger partial charge in [-0.2, -0.15) is 0 Å². The SMILES string of the molecule is CCCN(CC)CCNC(=O)C(C)N.Cl. The van der Waals surface area contributed by atoms with Crippen molar-refractivity contribution >= 4 is 18.3 Å². The molecule has 0 saturated heterocycles. The summed E-state index contributed by atoms with van der Waals surface area (Å²) in [7, 11) is 0. The highest BCUT2D eigenvalue weighted by atomic mass is 35.5. The maximum atomic E-state index is 11.1. The third-order valence-corrected chi connectivity index (χ3v) is 2.13. The molecule has 0 rings (SSSR count). The molecule has 92 valence electrons. The summed E-state index contributed by atoms with van der Waals surface area (Å²) >= 11 is 0. The van der Waals surface area contributed by atoms with Gasteiger partial charge in [0.2, 0.25) is 5.91 Å². The van der Waals surface area contributed by atoms with Crippen LogP contribution in [0.25, 0.3) is 0 Å². The maximum absolute atomic E-state index is 11.1. The fraction of sp³-hybridized carbons (Fsp3) is 0.900. The van der Waals surface area contributed by atoms with E-state index in [1.165, 1.54) is 0 Å². The van der Waals surface area contributed by atoms with Crippen molar-refractivity contribution in [2.24, 2.45) is 5.73 Å². The van der Waals surface area contributed by atoms with Gasteiger partial charge in [0.1, 0.15) is 0 Å². The minimum absolute atomic E-state index is 0. The second-order valence-corrected chi connectivity index (χ2v) is 3.51. The Bertz CT molecular complexity index is 165. The number of carbonyl (C=O) groups is 1. The van der Waals surface area contributed by atoms with Crippen molar-refractivity contribution in [3.8, 4) is 0 Å². The molecule has 0 aromatic rings. The van der Waals surface area contributed by atoms with Crippen LogP contribution in [0.2, 0.25) is 0 Å². The number of amides is 1. The largest absolute Gasteiger partial charge is 0.353 e. The molecule has 3 N–H and O–H groups in total. The Labute approximate surface area is 99.0 Å². The lowest BCUT2D eigenvalue weighted by atomic mass is 10.3. The number of rotatable bonds is 7. The number of nitrogens with one attached hydrogen (secondary N) is 1. The van der Waals surface area contributed by atoms with Crippen molar-refractivity contribution in [2.75, 3.05) is 26.2 Å². The summed E-state index contributed by atoms with van der Waals surface area (Å²) in [6.07, 6.45) is 1.15. The molecule has 1 amide bonds. The molecule has 0 aliphatic heterocycles. The fourth-order valence-electron chi connectivity index (χ4n) is 1.24. The van der Waals surface area contributed by atoms with Crippen LogP contribution >= 0.6 is 12.4 Å². The van der Waals surface area contributed by atoms with Crippen LogP contribution < -0.4 is 11.1 Å². The number of hydrogen-bond acceptors (Lipinski definition) is 3. The van der Waals surface area contributed by atoms with Gasteiger partial charge in [-0.1, -0.05) is 13.8 Å². The van der Waals surface area contributed by atoms with Crippen LogP contribution in [0.4, 0.5) is 0 Å². The molecule has 0 fully saturated rings. The molecule has 0 aliphatic carbocycles. The molecule has 4 nitrogen and oxygen atoms in total. The van der Waals surface area contributed by atoms with Crippen LogP contribution in [-0.2, 0) is 4.79 Å². The molecule has 0 aromatic carbocycles. The average molecular weight is 238 g/mol. The van der Waals surface area contributed by atoms with Gasteiger partial charge in [-0.25, -0.2) is 0 Å². The van der Waals surface area contributed by atoms with Gasteiger partial charge < -0.3 is 16.0 Å². The van der Waals surface area contributed by atoms with Crippen LogP contribution in [0, 0.1) is 0 Å². The van der Waals surface area contributed by atoms with Crippen molar-refractivity contribution < 1.29 is 4.79 Å². The molecule has 0 aliphatic rings.